The lowest BCUT2D eigenvalue weighted by Crippen LogP contribution is -2.51. The van der Waals surface area contributed by atoms with Gasteiger partial charge in [0.15, 0.2) is 0 Å². The van der Waals surface area contributed by atoms with Gasteiger partial charge in [0.1, 0.15) is 6.10 Å². The lowest BCUT2D eigenvalue weighted by Gasteiger charge is -2.58. The first-order valence-electron chi connectivity index (χ1n) is 17.6. The van der Waals surface area contributed by atoms with Crippen LogP contribution in [0.25, 0.3) is 0 Å². The van der Waals surface area contributed by atoms with Crippen LogP contribution in [-0.2, 0) is 9.53 Å². The minimum absolute atomic E-state index is 0.0550. The summed E-state index contributed by atoms with van der Waals surface area (Å²) in [6, 6.07) is 0. The first kappa shape index (κ1) is 31.2. The number of hydrogen-bond donors (Lipinski definition) is 0. The summed E-state index contributed by atoms with van der Waals surface area (Å²) >= 11 is 0. The van der Waals surface area contributed by atoms with Gasteiger partial charge in [-0.3, -0.25) is 4.79 Å². The molecular formula is C37H64O2. The zero-order valence-corrected chi connectivity index (χ0v) is 26.9. The molecule has 0 saturated heterocycles. The predicted octanol–water partition coefficient (Wildman–Crippen LogP) is 11.1. The summed E-state index contributed by atoms with van der Waals surface area (Å²) in [5.41, 5.74) is 2.54. The lowest BCUT2D eigenvalue weighted by atomic mass is 9.47. The molecule has 4 rings (SSSR count). The number of esters is 1. The van der Waals surface area contributed by atoms with Gasteiger partial charge in [-0.1, -0.05) is 111 Å². The quantitative estimate of drug-likeness (QED) is 0.124. The molecule has 0 spiro atoms. The Bertz CT molecular complexity index is 812. The topological polar surface area (TPSA) is 26.3 Å². The highest BCUT2D eigenvalue weighted by Crippen LogP contribution is 2.67. The Balaban J connectivity index is 1.29. The Morgan fingerprint density at radius 2 is 1.64 bits per heavy atom. The van der Waals surface area contributed by atoms with Gasteiger partial charge in [-0.2, -0.15) is 0 Å². The summed E-state index contributed by atoms with van der Waals surface area (Å²) in [5.74, 6) is 5.34. The number of allylic oxidation sites excluding steroid dienone is 1. The Hall–Kier alpha value is -0.790. The Kier molecular flexibility index (Phi) is 11.1. The van der Waals surface area contributed by atoms with E-state index in [-0.39, 0.29) is 12.1 Å². The molecule has 0 aromatic rings. The summed E-state index contributed by atoms with van der Waals surface area (Å²) in [6.07, 6.45) is 26.7. The molecule has 3 fully saturated rings. The molecule has 3 saturated carbocycles. The average molecular weight is 541 g/mol. The van der Waals surface area contributed by atoms with Crippen LogP contribution in [0.15, 0.2) is 11.6 Å². The van der Waals surface area contributed by atoms with Gasteiger partial charge in [-0.25, -0.2) is 0 Å². The van der Waals surface area contributed by atoms with E-state index in [0.29, 0.717) is 17.3 Å². The van der Waals surface area contributed by atoms with Crippen LogP contribution in [0.4, 0.5) is 0 Å². The van der Waals surface area contributed by atoms with Crippen LogP contribution in [0.3, 0.4) is 0 Å². The van der Waals surface area contributed by atoms with Crippen LogP contribution >= 0.6 is 0 Å². The molecule has 224 valence electrons. The highest BCUT2D eigenvalue weighted by molar-refractivity contribution is 5.69. The van der Waals surface area contributed by atoms with Gasteiger partial charge in [-0.05, 0) is 97.7 Å². The minimum atomic E-state index is 0.0550. The molecule has 0 heterocycles. The number of carbonyl (C=O) groups excluding carboxylic acids is 1. The van der Waals surface area contributed by atoms with E-state index in [4.69, 9.17) is 4.74 Å². The lowest BCUT2D eigenvalue weighted by molar-refractivity contribution is -0.151. The van der Waals surface area contributed by atoms with Crippen molar-refractivity contribution in [2.24, 2.45) is 46.3 Å². The van der Waals surface area contributed by atoms with Gasteiger partial charge < -0.3 is 4.74 Å². The molecule has 2 nitrogen and oxygen atoms in total. The van der Waals surface area contributed by atoms with Crippen LogP contribution in [0.2, 0.25) is 0 Å². The van der Waals surface area contributed by atoms with Crippen LogP contribution in [0.5, 0.6) is 0 Å². The van der Waals surface area contributed by atoms with Gasteiger partial charge in [0.2, 0.25) is 0 Å². The van der Waals surface area contributed by atoms with Crippen molar-refractivity contribution in [2.75, 3.05) is 0 Å². The Morgan fingerprint density at radius 3 is 2.38 bits per heavy atom. The Labute approximate surface area is 242 Å². The first-order chi connectivity index (χ1) is 18.7. The smallest absolute Gasteiger partial charge is 0.306 e. The van der Waals surface area contributed by atoms with Gasteiger partial charge in [-0.15, -0.1) is 0 Å². The van der Waals surface area contributed by atoms with Gasteiger partial charge in [0.25, 0.3) is 0 Å². The third kappa shape index (κ3) is 7.17. The van der Waals surface area contributed by atoms with Crippen LogP contribution in [0, 0.1) is 46.3 Å². The van der Waals surface area contributed by atoms with E-state index in [1.165, 1.54) is 96.3 Å². The summed E-state index contributed by atoms with van der Waals surface area (Å²) < 4.78 is 6.06. The van der Waals surface area contributed by atoms with Gasteiger partial charge >= 0.3 is 5.97 Å². The van der Waals surface area contributed by atoms with Crippen molar-refractivity contribution in [1.82, 2.24) is 0 Å². The van der Waals surface area contributed by atoms with Crippen molar-refractivity contribution >= 4 is 5.97 Å². The molecule has 0 unspecified atom stereocenters. The van der Waals surface area contributed by atoms with Crippen LogP contribution < -0.4 is 0 Å². The molecule has 2 heteroatoms. The van der Waals surface area contributed by atoms with Crippen molar-refractivity contribution in [3.63, 3.8) is 0 Å². The maximum absolute atomic E-state index is 12.6. The van der Waals surface area contributed by atoms with Gasteiger partial charge in [0.05, 0.1) is 0 Å². The number of carbonyl (C=O) groups is 1. The molecule has 39 heavy (non-hydrogen) atoms. The molecule has 4 aliphatic carbocycles. The normalized spacial score (nSPS) is 36.6. The van der Waals surface area contributed by atoms with Crippen LogP contribution in [0.1, 0.15) is 164 Å². The molecule has 0 radical (unpaired) electrons. The molecule has 0 aromatic heterocycles. The maximum Gasteiger partial charge on any atom is 0.306 e. The van der Waals surface area contributed by atoms with E-state index in [1.807, 2.05) is 0 Å². The molecule has 4 aliphatic rings. The van der Waals surface area contributed by atoms with Crippen molar-refractivity contribution in [3.8, 4) is 0 Å². The fourth-order valence-electron chi connectivity index (χ4n) is 10.2. The summed E-state index contributed by atoms with van der Waals surface area (Å²) in [6.45, 7) is 14.9. The van der Waals surface area contributed by atoms with Crippen molar-refractivity contribution in [2.45, 2.75) is 170 Å². The van der Waals surface area contributed by atoms with E-state index < -0.39 is 0 Å². The fourth-order valence-corrected chi connectivity index (χ4v) is 10.2. The first-order valence-corrected chi connectivity index (χ1v) is 17.6. The average Bonchev–Trinajstić information content (AvgIpc) is 3.25. The SMILES string of the molecule is CCCCCCCCCC(=O)O[C@H]1CC[C@@]2(C)C(=CC[C@H]3[C@@H]4CC[C@@H]([C@@H](C)CCCC(C)C)[C@@]4(C)CC[C@@H]32)C1. The van der Waals surface area contributed by atoms with E-state index in [1.54, 1.807) is 5.57 Å². The number of unbranched alkanes of at least 4 members (excludes halogenated alkanes) is 6. The highest BCUT2D eigenvalue weighted by Gasteiger charge is 2.59. The minimum Gasteiger partial charge on any atom is -0.462 e. The molecule has 0 bridgehead atoms. The monoisotopic (exact) mass is 540 g/mol. The van der Waals surface area contributed by atoms with Gasteiger partial charge in [0, 0.05) is 12.8 Å². The summed E-state index contributed by atoms with van der Waals surface area (Å²) in [7, 11) is 0. The molecule has 0 N–H and O–H groups in total. The summed E-state index contributed by atoms with van der Waals surface area (Å²) in [4.78, 5) is 12.6. The number of rotatable bonds is 14. The second-order valence-electron chi connectivity index (χ2n) is 15.5. The third-order valence-electron chi connectivity index (χ3n) is 12.5. The molecule has 0 amide bonds. The molecule has 8 atom stereocenters. The number of ether oxygens (including phenoxy) is 1. The standard InChI is InChI=1S/C37H64O2/c1-7-8-9-10-11-12-13-17-35(38)39-30-22-24-36(5)29(26-30)18-19-31-33-21-20-32(28(4)16-14-15-27(2)3)37(33,6)25-23-34(31)36/h18,27-28,30-34H,7-17,19-26H2,1-6H3/t28-,30-,31-,32-,33-,34-,36-,37+/m0/s1. The fraction of sp³-hybridized carbons (Fsp3) is 0.919. The summed E-state index contributed by atoms with van der Waals surface area (Å²) in [5, 5.41) is 0. The third-order valence-corrected chi connectivity index (χ3v) is 12.5. The number of hydrogen-bond acceptors (Lipinski definition) is 2. The van der Waals surface area contributed by atoms with Crippen molar-refractivity contribution in [3.05, 3.63) is 11.6 Å². The largest absolute Gasteiger partial charge is 0.462 e. The predicted molar refractivity (Wildman–Crippen MR) is 166 cm³/mol. The molecular weight excluding hydrogens is 476 g/mol. The van der Waals surface area contributed by atoms with E-state index in [9.17, 15) is 4.79 Å². The second-order valence-corrected chi connectivity index (χ2v) is 15.5. The van der Waals surface area contributed by atoms with Crippen molar-refractivity contribution < 1.29 is 9.53 Å². The maximum atomic E-state index is 12.6. The molecule has 0 aromatic carbocycles. The zero-order chi connectivity index (χ0) is 28.0. The van der Waals surface area contributed by atoms with E-state index in [2.05, 4.69) is 47.6 Å². The zero-order valence-electron chi connectivity index (χ0n) is 26.9. The van der Waals surface area contributed by atoms with E-state index in [0.717, 1.165) is 54.8 Å². The highest BCUT2D eigenvalue weighted by atomic mass is 16.5. The Morgan fingerprint density at radius 1 is 0.897 bits per heavy atom. The van der Waals surface area contributed by atoms with E-state index >= 15 is 0 Å². The van der Waals surface area contributed by atoms with Crippen molar-refractivity contribution in [1.29, 1.82) is 0 Å². The van der Waals surface area contributed by atoms with Crippen LogP contribution in [-0.4, -0.2) is 12.1 Å². The molecule has 0 aliphatic heterocycles. The number of fused-ring (bicyclic) bond motifs is 5. The second kappa shape index (κ2) is 13.9.